The Labute approximate surface area is 157 Å². The third-order valence-electron chi connectivity index (χ3n) is 4.93. The molecule has 0 atom stereocenters. The molecule has 0 spiro atoms. The zero-order valence-corrected chi connectivity index (χ0v) is 15.1. The molecule has 1 N–H and O–H groups in total. The summed E-state index contributed by atoms with van der Waals surface area (Å²) < 4.78 is 11.0. The first-order chi connectivity index (χ1) is 13.0. The maximum Gasteiger partial charge on any atom is 0.293 e. The maximum absolute atomic E-state index is 12.6. The SMILES string of the molecule is COC1(CNc2ccc(C(=O)c3ccccc3)cc2[N+](=O)[O-])CCOCC1. The monoisotopic (exact) mass is 370 g/mol. The van der Waals surface area contributed by atoms with Gasteiger partial charge in [-0.2, -0.15) is 0 Å². The molecule has 0 aliphatic carbocycles. The molecule has 1 saturated heterocycles. The van der Waals surface area contributed by atoms with Gasteiger partial charge in [-0.1, -0.05) is 30.3 Å². The number of hydrogen-bond acceptors (Lipinski definition) is 6. The topological polar surface area (TPSA) is 90.7 Å². The quantitative estimate of drug-likeness (QED) is 0.456. The maximum atomic E-state index is 12.6. The van der Waals surface area contributed by atoms with E-state index < -0.39 is 10.5 Å². The van der Waals surface area contributed by atoms with Crippen molar-refractivity contribution in [3.63, 3.8) is 0 Å². The van der Waals surface area contributed by atoms with Gasteiger partial charge in [0.1, 0.15) is 5.69 Å². The lowest BCUT2D eigenvalue weighted by molar-refractivity contribution is -0.384. The van der Waals surface area contributed by atoms with Gasteiger partial charge in [0.05, 0.1) is 10.5 Å². The number of methoxy groups -OCH3 is 1. The van der Waals surface area contributed by atoms with E-state index in [-0.39, 0.29) is 17.0 Å². The van der Waals surface area contributed by atoms with E-state index >= 15 is 0 Å². The Morgan fingerprint density at radius 2 is 1.89 bits per heavy atom. The number of hydrogen-bond donors (Lipinski definition) is 1. The van der Waals surface area contributed by atoms with Crippen LogP contribution in [0.4, 0.5) is 11.4 Å². The van der Waals surface area contributed by atoms with Crippen LogP contribution in [0.2, 0.25) is 0 Å². The normalized spacial score (nSPS) is 15.9. The first-order valence-corrected chi connectivity index (χ1v) is 8.80. The highest BCUT2D eigenvalue weighted by Gasteiger charge is 2.33. The van der Waals surface area contributed by atoms with Crippen molar-refractivity contribution in [3.05, 3.63) is 69.8 Å². The molecule has 1 aliphatic heterocycles. The zero-order chi connectivity index (χ0) is 19.3. The molecule has 3 rings (SSSR count). The van der Waals surface area contributed by atoms with Crippen molar-refractivity contribution in [2.24, 2.45) is 0 Å². The number of carbonyl (C=O) groups excluding carboxylic acids is 1. The number of nitro groups is 1. The Kier molecular flexibility index (Phi) is 5.83. The average Bonchev–Trinajstić information content (AvgIpc) is 2.73. The van der Waals surface area contributed by atoms with Gasteiger partial charge >= 0.3 is 0 Å². The van der Waals surface area contributed by atoms with E-state index in [1.807, 2.05) is 6.07 Å². The second kappa shape index (κ2) is 8.28. The second-order valence-corrected chi connectivity index (χ2v) is 6.54. The molecule has 0 aromatic heterocycles. The Morgan fingerprint density at radius 3 is 2.52 bits per heavy atom. The summed E-state index contributed by atoms with van der Waals surface area (Å²) in [5, 5.41) is 14.7. The summed E-state index contributed by atoms with van der Waals surface area (Å²) in [5.74, 6) is -0.247. The minimum Gasteiger partial charge on any atom is -0.381 e. The Bertz CT molecular complexity index is 816. The van der Waals surface area contributed by atoms with Crippen molar-refractivity contribution < 1.29 is 19.2 Å². The molecule has 2 aromatic carbocycles. The van der Waals surface area contributed by atoms with E-state index in [1.54, 1.807) is 43.5 Å². The molecule has 27 heavy (non-hydrogen) atoms. The van der Waals surface area contributed by atoms with Crippen molar-refractivity contribution in [3.8, 4) is 0 Å². The summed E-state index contributed by atoms with van der Waals surface area (Å²) in [6.45, 7) is 1.63. The van der Waals surface area contributed by atoms with Crippen LogP contribution in [-0.2, 0) is 9.47 Å². The van der Waals surface area contributed by atoms with Crippen molar-refractivity contribution in [2.75, 3.05) is 32.2 Å². The summed E-state index contributed by atoms with van der Waals surface area (Å²) >= 11 is 0. The molecule has 0 bridgehead atoms. The van der Waals surface area contributed by atoms with E-state index in [4.69, 9.17) is 9.47 Å². The van der Waals surface area contributed by atoms with Crippen molar-refractivity contribution in [2.45, 2.75) is 18.4 Å². The van der Waals surface area contributed by atoms with Gasteiger partial charge in [0.2, 0.25) is 0 Å². The second-order valence-electron chi connectivity index (χ2n) is 6.54. The van der Waals surface area contributed by atoms with Crippen molar-refractivity contribution in [1.29, 1.82) is 0 Å². The summed E-state index contributed by atoms with van der Waals surface area (Å²) in [7, 11) is 1.64. The van der Waals surface area contributed by atoms with E-state index in [9.17, 15) is 14.9 Å². The molecular weight excluding hydrogens is 348 g/mol. The first-order valence-electron chi connectivity index (χ1n) is 8.80. The fourth-order valence-corrected chi connectivity index (χ4v) is 3.18. The van der Waals surface area contributed by atoms with E-state index in [0.717, 1.165) is 12.8 Å². The Morgan fingerprint density at radius 1 is 1.19 bits per heavy atom. The Balaban J connectivity index is 1.82. The molecule has 2 aromatic rings. The molecule has 7 heteroatoms. The minimum atomic E-state index is -0.479. The van der Waals surface area contributed by atoms with E-state index in [1.165, 1.54) is 6.07 Å². The summed E-state index contributed by atoms with van der Waals surface area (Å²) in [6, 6.07) is 13.2. The lowest BCUT2D eigenvalue weighted by Crippen LogP contribution is -2.44. The number of nitrogens with one attached hydrogen (secondary N) is 1. The third-order valence-corrected chi connectivity index (χ3v) is 4.93. The molecule has 0 amide bonds. The van der Waals surface area contributed by atoms with Gasteiger partial charge in [-0.05, 0) is 12.1 Å². The van der Waals surface area contributed by atoms with Gasteiger partial charge < -0.3 is 14.8 Å². The van der Waals surface area contributed by atoms with Crippen molar-refractivity contribution in [1.82, 2.24) is 0 Å². The van der Waals surface area contributed by atoms with Gasteiger partial charge in [0.15, 0.2) is 5.78 Å². The lowest BCUT2D eigenvalue weighted by atomic mass is 9.93. The standard InChI is InChI=1S/C20H22N2O5/c1-26-20(9-11-27-12-10-20)14-21-17-8-7-16(13-18(17)22(24)25)19(23)15-5-3-2-4-6-15/h2-8,13,21H,9-12,14H2,1H3. The smallest absolute Gasteiger partial charge is 0.293 e. The number of carbonyl (C=O) groups is 1. The highest BCUT2D eigenvalue weighted by atomic mass is 16.6. The zero-order valence-electron chi connectivity index (χ0n) is 15.1. The average molecular weight is 370 g/mol. The number of ketones is 1. The summed E-state index contributed by atoms with van der Waals surface area (Å²) in [6.07, 6.45) is 1.43. The number of nitrogens with zero attached hydrogens (tertiary/aromatic N) is 1. The van der Waals surface area contributed by atoms with Crippen LogP contribution in [0, 0.1) is 10.1 Å². The molecule has 1 heterocycles. The molecule has 0 saturated carbocycles. The van der Waals surface area contributed by atoms with Crippen LogP contribution in [-0.4, -0.2) is 43.2 Å². The molecule has 0 radical (unpaired) electrons. The highest BCUT2D eigenvalue weighted by Crippen LogP contribution is 2.30. The molecular formula is C20H22N2O5. The predicted octanol–water partition coefficient (Wildman–Crippen LogP) is 3.43. The largest absolute Gasteiger partial charge is 0.381 e. The number of benzene rings is 2. The summed E-state index contributed by atoms with van der Waals surface area (Å²) in [4.78, 5) is 23.6. The number of rotatable bonds is 7. The molecule has 7 nitrogen and oxygen atoms in total. The lowest BCUT2D eigenvalue weighted by Gasteiger charge is -2.36. The van der Waals surface area contributed by atoms with Crippen molar-refractivity contribution >= 4 is 17.2 Å². The third kappa shape index (κ3) is 4.32. The van der Waals surface area contributed by atoms with Gasteiger partial charge in [-0.3, -0.25) is 14.9 Å². The minimum absolute atomic E-state index is 0.130. The summed E-state index contributed by atoms with van der Waals surface area (Å²) in [5.41, 5.74) is 0.603. The van der Waals surface area contributed by atoms with Gasteiger partial charge in [0, 0.05) is 56.9 Å². The van der Waals surface area contributed by atoms with Gasteiger partial charge in [0.25, 0.3) is 5.69 Å². The van der Waals surface area contributed by atoms with Crippen LogP contribution in [0.5, 0.6) is 0 Å². The highest BCUT2D eigenvalue weighted by molar-refractivity contribution is 6.09. The van der Waals surface area contributed by atoms with Crippen LogP contribution in [0.1, 0.15) is 28.8 Å². The number of anilines is 1. The fraction of sp³-hybridized carbons (Fsp3) is 0.350. The van der Waals surface area contributed by atoms with Crippen LogP contribution in [0.3, 0.4) is 0 Å². The predicted molar refractivity (Wildman–Crippen MR) is 101 cm³/mol. The molecule has 0 unspecified atom stereocenters. The fourth-order valence-electron chi connectivity index (χ4n) is 3.18. The Hall–Kier alpha value is -2.77. The van der Waals surface area contributed by atoms with Gasteiger partial charge in [-0.25, -0.2) is 0 Å². The van der Waals surface area contributed by atoms with Crippen LogP contribution in [0.25, 0.3) is 0 Å². The number of ether oxygens (including phenoxy) is 2. The molecule has 1 fully saturated rings. The first kappa shape index (κ1) is 19.0. The van der Waals surface area contributed by atoms with Crippen LogP contribution >= 0.6 is 0 Å². The van der Waals surface area contributed by atoms with Gasteiger partial charge in [-0.15, -0.1) is 0 Å². The van der Waals surface area contributed by atoms with Crippen LogP contribution < -0.4 is 5.32 Å². The van der Waals surface area contributed by atoms with Crippen LogP contribution in [0.15, 0.2) is 48.5 Å². The van der Waals surface area contributed by atoms with E-state index in [2.05, 4.69) is 5.32 Å². The molecule has 1 aliphatic rings. The molecule has 142 valence electrons. The number of nitro benzene ring substituents is 1. The van der Waals surface area contributed by atoms with E-state index in [0.29, 0.717) is 31.0 Å².